The third-order valence-corrected chi connectivity index (χ3v) is 4.04. The first-order valence-electron chi connectivity index (χ1n) is 8.47. The molecule has 0 saturated carbocycles. The minimum Gasteiger partial charge on any atom is -0.334 e. The third-order valence-electron chi connectivity index (χ3n) is 4.04. The minimum absolute atomic E-state index is 0.335. The molecule has 5 heteroatoms. The average Bonchev–Trinajstić information content (AvgIpc) is 3.03. The molecule has 1 heterocycles. The van der Waals surface area contributed by atoms with Crippen molar-refractivity contribution in [2.24, 2.45) is 0 Å². The molecule has 0 aliphatic heterocycles. The second kappa shape index (κ2) is 8.79. The van der Waals surface area contributed by atoms with Crippen LogP contribution in [0.25, 0.3) is 11.5 Å². The van der Waals surface area contributed by atoms with Crippen molar-refractivity contribution in [2.45, 2.75) is 46.2 Å². The molecule has 126 valence electrons. The van der Waals surface area contributed by atoms with Gasteiger partial charge in [0.1, 0.15) is 0 Å². The molecule has 2 aromatic rings. The number of aromatic nitrogens is 2. The summed E-state index contributed by atoms with van der Waals surface area (Å²) in [6, 6.07) is 8.75. The van der Waals surface area contributed by atoms with Crippen molar-refractivity contribution in [1.29, 1.82) is 0 Å². The van der Waals surface area contributed by atoms with Gasteiger partial charge in [-0.15, -0.1) is 0 Å². The Morgan fingerprint density at radius 2 is 1.96 bits per heavy atom. The van der Waals surface area contributed by atoms with Gasteiger partial charge in [0, 0.05) is 24.6 Å². The number of rotatable bonds is 9. The molecule has 0 aliphatic rings. The topological polar surface area (TPSA) is 54.2 Å². The Morgan fingerprint density at radius 1 is 1.22 bits per heavy atom. The molecule has 1 aromatic heterocycles. The van der Waals surface area contributed by atoms with Crippen LogP contribution < -0.4 is 5.32 Å². The van der Waals surface area contributed by atoms with Crippen LogP contribution in [0.5, 0.6) is 0 Å². The fourth-order valence-corrected chi connectivity index (χ4v) is 2.51. The normalized spacial score (nSPS) is 12.7. The maximum Gasteiger partial charge on any atom is 0.257 e. The van der Waals surface area contributed by atoms with E-state index in [1.165, 1.54) is 12.0 Å². The first-order chi connectivity index (χ1) is 11.2. The van der Waals surface area contributed by atoms with Gasteiger partial charge in [-0.1, -0.05) is 31.1 Å². The molecule has 23 heavy (non-hydrogen) atoms. The van der Waals surface area contributed by atoms with Crippen LogP contribution in [0.3, 0.4) is 0 Å². The first kappa shape index (κ1) is 17.6. The summed E-state index contributed by atoms with van der Waals surface area (Å²) in [5.41, 5.74) is 2.29. The van der Waals surface area contributed by atoms with Crippen LogP contribution in [-0.4, -0.2) is 41.2 Å². The van der Waals surface area contributed by atoms with Crippen LogP contribution >= 0.6 is 0 Å². The maximum absolute atomic E-state index is 5.38. The van der Waals surface area contributed by atoms with E-state index >= 15 is 0 Å². The van der Waals surface area contributed by atoms with E-state index in [0.717, 1.165) is 37.4 Å². The number of nitrogens with zero attached hydrogens (tertiary/aromatic N) is 3. The molecule has 1 N–H and O–H groups in total. The summed E-state index contributed by atoms with van der Waals surface area (Å²) < 4.78 is 5.38. The summed E-state index contributed by atoms with van der Waals surface area (Å²) in [6.45, 7) is 9.71. The Morgan fingerprint density at radius 3 is 2.57 bits per heavy atom. The molecule has 1 aromatic carbocycles. The average molecular weight is 316 g/mol. The highest BCUT2D eigenvalue weighted by Crippen LogP contribution is 2.19. The maximum atomic E-state index is 5.38. The zero-order chi connectivity index (χ0) is 16.7. The van der Waals surface area contributed by atoms with Crippen molar-refractivity contribution < 1.29 is 4.52 Å². The SMILES string of the molecule is CCCN(CC)Cc1ccc(-c2nc(CC(C)NC)no2)cc1. The second-order valence-corrected chi connectivity index (χ2v) is 5.98. The van der Waals surface area contributed by atoms with Gasteiger partial charge in [-0.2, -0.15) is 4.98 Å². The van der Waals surface area contributed by atoms with E-state index in [1.807, 2.05) is 7.05 Å². The number of likely N-dealkylation sites (N-methyl/N-ethyl adjacent to an activating group) is 1. The van der Waals surface area contributed by atoms with Gasteiger partial charge >= 0.3 is 0 Å². The zero-order valence-electron chi connectivity index (χ0n) is 14.7. The molecule has 0 aliphatic carbocycles. The predicted octanol–water partition coefficient (Wildman–Crippen LogP) is 3.12. The Hall–Kier alpha value is -1.72. The monoisotopic (exact) mass is 316 g/mol. The summed E-state index contributed by atoms with van der Waals surface area (Å²) in [6.07, 6.45) is 1.95. The molecule has 0 bridgehead atoms. The van der Waals surface area contributed by atoms with Gasteiger partial charge < -0.3 is 9.84 Å². The largest absolute Gasteiger partial charge is 0.334 e. The molecule has 2 rings (SSSR count). The van der Waals surface area contributed by atoms with Gasteiger partial charge in [0.05, 0.1) is 0 Å². The van der Waals surface area contributed by atoms with Gasteiger partial charge in [0.25, 0.3) is 5.89 Å². The third kappa shape index (κ3) is 5.15. The lowest BCUT2D eigenvalue weighted by Gasteiger charge is -2.19. The molecular formula is C18H28N4O. The highest BCUT2D eigenvalue weighted by molar-refractivity contribution is 5.53. The summed E-state index contributed by atoms with van der Waals surface area (Å²) in [7, 11) is 1.93. The second-order valence-electron chi connectivity index (χ2n) is 5.98. The molecule has 0 radical (unpaired) electrons. The van der Waals surface area contributed by atoms with Crippen molar-refractivity contribution in [2.75, 3.05) is 20.1 Å². The van der Waals surface area contributed by atoms with Gasteiger partial charge in [-0.3, -0.25) is 4.90 Å². The van der Waals surface area contributed by atoms with E-state index in [-0.39, 0.29) is 0 Å². The first-order valence-corrected chi connectivity index (χ1v) is 8.47. The summed E-state index contributed by atoms with van der Waals surface area (Å²) in [4.78, 5) is 6.92. The van der Waals surface area contributed by atoms with Gasteiger partial charge in [-0.05, 0) is 51.2 Å². The minimum atomic E-state index is 0.335. The van der Waals surface area contributed by atoms with Crippen LogP contribution in [0.15, 0.2) is 28.8 Å². The molecule has 1 atom stereocenters. The van der Waals surface area contributed by atoms with Gasteiger partial charge in [0.2, 0.25) is 0 Å². The van der Waals surface area contributed by atoms with E-state index in [4.69, 9.17) is 4.52 Å². The van der Waals surface area contributed by atoms with E-state index in [0.29, 0.717) is 11.9 Å². The smallest absolute Gasteiger partial charge is 0.257 e. The lowest BCUT2D eigenvalue weighted by atomic mass is 10.1. The molecular weight excluding hydrogens is 288 g/mol. The highest BCUT2D eigenvalue weighted by Gasteiger charge is 2.11. The Labute approximate surface area is 139 Å². The molecule has 0 fully saturated rings. The summed E-state index contributed by atoms with van der Waals surface area (Å²) >= 11 is 0. The van der Waals surface area contributed by atoms with Crippen LogP contribution in [0, 0.1) is 0 Å². The lowest BCUT2D eigenvalue weighted by molar-refractivity contribution is 0.280. The molecule has 0 amide bonds. The van der Waals surface area contributed by atoms with Crippen LogP contribution in [0.1, 0.15) is 38.6 Å². The van der Waals surface area contributed by atoms with E-state index in [9.17, 15) is 0 Å². The number of nitrogens with one attached hydrogen (secondary N) is 1. The van der Waals surface area contributed by atoms with Crippen molar-refractivity contribution in [3.63, 3.8) is 0 Å². The standard InChI is InChI=1S/C18H28N4O/c1-5-11-22(6-2)13-15-7-9-16(10-8-15)18-20-17(21-23-18)12-14(3)19-4/h7-10,14,19H,5-6,11-13H2,1-4H3. The van der Waals surface area contributed by atoms with Gasteiger partial charge in [0.15, 0.2) is 5.82 Å². The number of hydrogen-bond acceptors (Lipinski definition) is 5. The lowest BCUT2D eigenvalue weighted by Crippen LogP contribution is -2.24. The van der Waals surface area contributed by atoms with E-state index in [1.54, 1.807) is 0 Å². The molecule has 0 saturated heterocycles. The van der Waals surface area contributed by atoms with Crippen molar-refractivity contribution in [1.82, 2.24) is 20.4 Å². The number of benzene rings is 1. The Kier molecular flexibility index (Phi) is 6.74. The van der Waals surface area contributed by atoms with Crippen molar-refractivity contribution >= 4 is 0 Å². The molecule has 0 spiro atoms. The number of hydrogen-bond donors (Lipinski definition) is 1. The molecule has 5 nitrogen and oxygen atoms in total. The molecule has 1 unspecified atom stereocenters. The zero-order valence-corrected chi connectivity index (χ0v) is 14.7. The van der Waals surface area contributed by atoms with Crippen LogP contribution in [0.2, 0.25) is 0 Å². The van der Waals surface area contributed by atoms with E-state index in [2.05, 4.69) is 65.4 Å². The van der Waals surface area contributed by atoms with Crippen molar-refractivity contribution in [3.05, 3.63) is 35.7 Å². The van der Waals surface area contributed by atoms with Crippen LogP contribution in [0.4, 0.5) is 0 Å². The van der Waals surface area contributed by atoms with Gasteiger partial charge in [-0.25, -0.2) is 0 Å². The van der Waals surface area contributed by atoms with Crippen LogP contribution in [-0.2, 0) is 13.0 Å². The highest BCUT2D eigenvalue weighted by atomic mass is 16.5. The summed E-state index contributed by atoms with van der Waals surface area (Å²) in [5.74, 6) is 1.33. The van der Waals surface area contributed by atoms with Crippen molar-refractivity contribution in [3.8, 4) is 11.5 Å². The fraction of sp³-hybridized carbons (Fsp3) is 0.556. The Bertz CT molecular complexity index is 579. The van der Waals surface area contributed by atoms with E-state index < -0.39 is 0 Å². The fourth-order valence-electron chi connectivity index (χ4n) is 2.51. The quantitative estimate of drug-likeness (QED) is 0.770. The Balaban J connectivity index is 2.01. The summed E-state index contributed by atoms with van der Waals surface area (Å²) in [5, 5.41) is 7.23. The predicted molar refractivity (Wildman–Crippen MR) is 93.2 cm³/mol.